The number of aryl methyl sites for hydroxylation is 1. The Morgan fingerprint density at radius 2 is 2.18 bits per heavy atom. The highest BCUT2D eigenvalue weighted by Crippen LogP contribution is 2.03. The van der Waals surface area contributed by atoms with Gasteiger partial charge in [0.2, 0.25) is 5.91 Å². The molecule has 0 aliphatic carbocycles. The van der Waals surface area contributed by atoms with E-state index in [4.69, 9.17) is 5.11 Å². The maximum Gasteiger partial charge on any atom is 0.326 e. The van der Waals surface area contributed by atoms with Crippen LogP contribution in [0.2, 0.25) is 0 Å². The molecule has 0 unspecified atom stereocenters. The van der Waals surface area contributed by atoms with Crippen molar-refractivity contribution in [3.05, 3.63) is 18.0 Å². The van der Waals surface area contributed by atoms with Gasteiger partial charge in [0, 0.05) is 13.2 Å². The first-order valence-electron chi connectivity index (χ1n) is 5.40. The van der Waals surface area contributed by atoms with Gasteiger partial charge in [0.1, 0.15) is 6.04 Å². The first-order valence-corrected chi connectivity index (χ1v) is 5.40. The maximum atomic E-state index is 11.6. The number of rotatable bonds is 5. The Kier molecular flexibility index (Phi) is 4.25. The molecule has 17 heavy (non-hydrogen) atoms. The third kappa shape index (κ3) is 3.90. The summed E-state index contributed by atoms with van der Waals surface area (Å²) < 4.78 is 1.60. The van der Waals surface area contributed by atoms with E-state index in [1.165, 1.54) is 0 Å². The van der Waals surface area contributed by atoms with Crippen LogP contribution in [0.1, 0.15) is 19.4 Å². The second-order valence-corrected chi connectivity index (χ2v) is 4.33. The summed E-state index contributed by atoms with van der Waals surface area (Å²) in [6.07, 6.45) is 3.46. The molecule has 0 bridgehead atoms. The Labute approximate surface area is 99.6 Å². The molecule has 0 spiro atoms. The highest BCUT2D eigenvalue weighted by Gasteiger charge is 2.23. The van der Waals surface area contributed by atoms with E-state index in [0.29, 0.717) is 0 Å². The molecule has 0 saturated carbocycles. The number of nitrogens with zero attached hydrogens (tertiary/aromatic N) is 2. The monoisotopic (exact) mass is 239 g/mol. The van der Waals surface area contributed by atoms with Gasteiger partial charge in [-0.15, -0.1) is 0 Å². The Hall–Kier alpha value is -1.85. The van der Waals surface area contributed by atoms with Gasteiger partial charge >= 0.3 is 5.97 Å². The number of hydrogen-bond acceptors (Lipinski definition) is 3. The molecule has 6 nitrogen and oxygen atoms in total. The van der Waals surface area contributed by atoms with Gasteiger partial charge in [0.25, 0.3) is 0 Å². The largest absolute Gasteiger partial charge is 0.480 e. The van der Waals surface area contributed by atoms with Crippen LogP contribution in [0, 0.1) is 5.92 Å². The zero-order chi connectivity index (χ0) is 13.0. The van der Waals surface area contributed by atoms with Crippen LogP contribution in [0.5, 0.6) is 0 Å². The molecule has 0 aliphatic heterocycles. The van der Waals surface area contributed by atoms with Crippen LogP contribution >= 0.6 is 0 Å². The maximum absolute atomic E-state index is 11.6. The Balaban J connectivity index is 2.56. The fourth-order valence-electron chi connectivity index (χ4n) is 1.49. The Morgan fingerprint density at radius 1 is 1.53 bits per heavy atom. The second-order valence-electron chi connectivity index (χ2n) is 4.33. The number of carbonyl (C=O) groups excluding carboxylic acids is 1. The summed E-state index contributed by atoms with van der Waals surface area (Å²) in [5.41, 5.74) is 0.762. The van der Waals surface area contributed by atoms with Crippen molar-refractivity contribution in [1.82, 2.24) is 15.1 Å². The van der Waals surface area contributed by atoms with Crippen molar-refractivity contribution in [3.8, 4) is 0 Å². The molecule has 1 aromatic heterocycles. The predicted octanol–water partition coefficient (Wildman–Crippen LogP) is 0.188. The zero-order valence-electron chi connectivity index (χ0n) is 10.2. The molecule has 0 aliphatic rings. The van der Waals surface area contributed by atoms with Crippen molar-refractivity contribution < 1.29 is 14.7 Å². The van der Waals surface area contributed by atoms with Crippen molar-refractivity contribution in [2.45, 2.75) is 26.3 Å². The lowest BCUT2D eigenvalue weighted by atomic mass is 10.0. The van der Waals surface area contributed by atoms with Gasteiger partial charge in [0.05, 0.1) is 12.6 Å². The van der Waals surface area contributed by atoms with Crippen LogP contribution in [-0.2, 0) is 23.1 Å². The first-order chi connectivity index (χ1) is 7.90. The van der Waals surface area contributed by atoms with Gasteiger partial charge in [-0.05, 0) is 11.5 Å². The van der Waals surface area contributed by atoms with E-state index < -0.39 is 12.0 Å². The van der Waals surface area contributed by atoms with E-state index in [1.54, 1.807) is 38.0 Å². The van der Waals surface area contributed by atoms with Crippen LogP contribution in [0.3, 0.4) is 0 Å². The molecule has 0 saturated heterocycles. The molecular formula is C11H17N3O3. The number of hydrogen-bond donors (Lipinski definition) is 2. The number of aliphatic carboxylic acids is 1. The lowest BCUT2D eigenvalue weighted by Crippen LogP contribution is -2.44. The van der Waals surface area contributed by atoms with Crippen LogP contribution in [0.4, 0.5) is 0 Å². The molecule has 1 rings (SSSR count). The predicted molar refractivity (Wildman–Crippen MR) is 61.3 cm³/mol. The van der Waals surface area contributed by atoms with Gasteiger partial charge in [-0.25, -0.2) is 4.79 Å². The normalized spacial score (nSPS) is 12.5. The highest BCUT2D eigenvalue weighted by atomic mass is 16.4. The minimum atomic E-state index is -1.01. The Morgan fingerprint density at radius 3 is 2.59 bits per heavy atom. The zero-order valence-corrected chi connectivity index (χ0v) is 10.2. The summed E-state index contributed by atoms with van der Waals surface area (Å²) in [7, 11) is 1.76. The fraction of sp³-hybridized carbons (Fsp3) is 0.545. The standard InChI is InChI=1S/C11H17N3O3/c1-7(2)10(11(16)17)13-9(15)4-8-5-12-14(3)6-8/h5-7,10H,4H2,1-3H3,(H,13,15)(H,16,17)/t10-/m0/s1. The van der Waals surface area contributed by atoms with Gasteiger partial charge < -0.3 is 10.4 Å². The molecular weight excluding hydrogens is 222 g/mol. The van der Waals surface area contributed by atoms with E-state index in [1.807, 2.05) is 0 Å². The third-order valence-electron chi connectivity index (χ3n) is 2.37. The number of amides is 1. The van der Waals surface area contributed by atoms with Crippen molar-refractivity contribution >= 4 is 11.9 Å². The average Bonchev–Trinajstić information content (AvgIpc) is 2.59. The van der Waals surface area contributed by atoms with Crippen molar-refractivity contribution in [2.75, 3.05) is 0 Å². The molecule has 1 aromatic rings. The number of aromatic nitrogens is 2. The third-order valence-corrected chi connectivity index (χ3v) is 2.37. The number of carboxylic acid groups (broad SMARTS) is 1. The summed E-state index contributed by atoms with van der Waals surface area (Å²) in [4.78, 5) is 22.5. The smallest absolute Gasteiger partial charge is 0.326 e. The van der Waals surface area contributed by atoms with Crippen LogP contribution in [-0.4, -0.2) is 32.8 Å². The summed E-state index contributed by atoms with van der Waals surface area (Å²) >= 11 is 0. The van der Waals surface area contributed by atoms with E-state index in [0.717, 1.165) is 5.56 Å². The molecule has 2 N–H and O–H groups in total. The van der Waals surface area contributed by atoms with Crippen LogP contribution < -0.4 is 5.32 Å². The first kappa shape index (κ1) is 13.2. The highest BCUT2D eigenvalue weighted by molar-refractivity contribution is 5.84. The summed E-state index contributed by atoms with van der Waals surface area (Å²) in [6.45, 7) is 3.51. The lowest BCUT2D eigenvalue weighted by Gasteiger charge is -2.17. The topological polar surface area (TPSA) is 84.2 Å². The second kappa shape index (κ2) is 5.47. The molecule has 1 heterocycles. The van der Waals surface area contributed by atoms with Gasteiger partial charge in [-0.3, -0.25) is 9.48 Å². The average molecular weight is 239 g/mol. The molecule has 1 atom stereocenters. The number of carbonyl (C=O) groups is 2. The van der Waals surface area contributed by atoms with Gasteiger partial charge in [-0.1, -0.05) is 13.8 Å². The van der Waals surface area contributed by atoms with Crippen molar-refractivity contribution in [3.63, 3.8) is 0 Å². The molecule has 94 valence electrons. The van der Waals surface area contributed by atoms with Crippen LogP contribution in [0.25, 0.3) is 0 Å². The van der Waals surface area contributed by atoms with E-state index in [2.05, 4.69) is 10.4 Å². The summed E-state index contributed by atoms with van der Waals surface area (Å²) in [5, 5.41) is 15.4. The number of nitrogens with one attached hydrogen (secondary N) is 1. The minimum absolute atomic E-state index is 0.143. The Bertz CT molecular complexity index is 412. The molecule has 6 heteroatoms. The van der Waals surface area contributed by atoms with E-state index in [9.17, 15) is 9.59 Å². The summed E-state index contributed by atoms with van der Waals surface area (Å²) in [6, 6.07) is -0.848. The minimum Gasteiger partial charge on any atom is -0.480 e. The van der Waals surface area contributed by atoms with Crippen LogP contribution in [0.15, 0.2) is 12.4 Å². The van der Waals surface area contributed by atoms with Gasteiger partial charge in [0.15, 0.2) is 0 Å². The molecule has 0 radical (unpaired) electrons. The molecule has 0 fully saturated rings. The van der Waals surface area contributed by atoms with E-state index in [-0.39, 0.29) is 18.2 Å². The molecule has 0 aromatic carbocycles. The fourth-order valence-corrected chi connectivity index (χ4v) is 1.49. The quantitative estimate of drug-likeness (QED) is 0.768. The SMILES string of the molecule is CC(C)[C@H](NC(=O)Cc1cnn(C)c1)C(=O)O. The van der Waals surface area contributed by atoms with Gasteiger partial charge in [-0.2, -0.15) is 5.10 Å². The summed E-state index contributed by atoms with van der Waals surface area (Å²) in [5.74, 6) is -1.47. The lowest BCUT2D eigenvalue weighted by molar-refractivity contribution is -0.143. The van der Waals surface area contributed by atoms with Crippen molar-refractivity contribution in [1.29, 1.82) is 0 Å². The van der Waals surface area contributed by atoms with Crippen molar-refractivity contribution in [2.24, 2.45) is 13.0 Å². The molecule has 1 amide bonds. The van der Waals surface area contributed by atoms with E-state index >= 15 is 0 Å². The number of carboxylic acids is 1.